The highest BCUT2D eigenvalue weighted by Gasteiger charge is 2.08. The van der Waals surface area contributed by atoms with Crippen molar-refractivity contribution in [2.24, 2.45) is 0 Å². The molecule has 101 valence electrons. The second kappa shape index (κ2) is 4.49. The van der Waals surface area contributed by atoms with E-state index in [4.69, 9.17) is 0 Å². The van der Waals surface area contributed by atoms with E-state index < -0.39 is 0 Å². The lowest BCUT2D eigenvalue weighted by Crippen LogP contribution is -1.96. The lowest BCUT2D eigenvalue weighted by molar-refractivity contribution is 0.355. The molecule has 0 aliphatic rings. The molecule has 0 amide bonds. The van der Waals surface area contributed by atoms with Gasteiger partial charge in [0.05, 0.1) is 11.4 Å². The summed E-state index contributed by atoms with van der Waals surface area (Å²) in [4.78, 5) is 7.35. The Hall–Kier alpha value is -3.08. The molecule has 3 aromatic heterocycles. The fourth-order valence-electron chi connectivity index (χ4n) is 2.41. The van der Waals surface area contributed by atoms with Crippen LogP contribution in [0.3, 0.4) is 0 Å². The zero-order valence-corrected chi connectivity index (χ0v) is 11.0. The molecule has 4 rings (SSSR count). The largest absolute Gasteiger partial charge is 0.346 e. The van der Waals surface area contributed by atoms with Gasteiger partial charge >= 0.3 is 0 Å². The maximum absolute atomic E-state index is 11.4. The van der Waals surface area contributed by atoms with E-state index in [-0.39, 0.29) is 5.75 Å². The van der Waals surface area contributed by atoms with Gasteiger partial charge in [0, 0.05) is 29.5 Å². The summed E-state index contributed by atoms with van der Waals surface area (Å²) in [6.07, 6.45) is 5.48. The molecule has 0 saturated carbocycles. The van der Waals surface area contributed by atoms with Gasteiger partial charge in [-0.2, -0.15) is 5.10 Å². The summed E-state index contributed by atoms with van der Waals surface area (Å²) in [6.45, 7) is 0. The Morgan fingerprint density at radius 3 is 2.95 bits per heavy atom. The van der Waals surface area contributed by atoms with Crippen LogP contribution in [0.15, 0.2) is 61.1 Å². The Balaban J connectivity index is 1.83. The molecule has 0 atom stereocenters. The van der Waals surface area contributed by atoms with Gasteiger partial charge in [-0.1, -0.05) is 12.1 Å². The molecule has 21 heavy (non-hydrogen) atoms. The summed E-state index contributed by atoms with van der Waals surface area (Å²) in [5.41, 5.74) is 3.37. The lowest BCUT2D eigenvalue weighted by atomic mass is 10.1. The van der Waals surface area contributed by atoms with E-state index in [0.717, 1.165) is 28.0 Å². The number of pyridine rings is 1. The van der Waals surface area contributed by atoms with Gasteiger partial charge in [0.25, 0.3) is 0 Å². The smallest absolute Gasteiger partial charge is 0.179 e. The van der Waals surface area contributed by atoms with Crippen molar-refractivity contribution in [2.45, 2.75) is 0 Å². The summed E-state index contributed by atoms with van der Waals surface area (Å²) >= 11 is 0. The van der Waals surface area contributed by atoms with Gasteiger partial charge in [-0.25, -0.2) is 9.67 Å². The molecule has 0 fully saturated rings. The van der Waals surface area contributed by atoms with Crippen LogP contribution < -0.4 is 0 Å². The van der Waals surface area contributed by atoms with Crippen molar-refractivity contribution in [3.8, 4) is 22.7 Å². The number of H-pyrrole nitrogens is 1. The molecule has 0 unspecified atom stereocenters. The van der Waals surface area contributed by atoms with Crippen LogP contribution in [0.25, 0.3) is 28.0 Å². The molecule has 1 aromatic carbocycles. The van der Waals surface area contributed by atoms with Crippen LogP contribution in [0.1, 0.15) is 0 Å². The van der Waals surface area contributed by atoms with Gasteiger partial charge in [0.1, 0.15) is 5.65 Å². The van der Waals surface area contributed by atoms with Crippen LogP contribution in [-0.2, 0) is 5.11 Å². The average molecular weight is 275 g/mol. The number of benzene rings is 1. The Morgan fingerprint density at radius 1 is 1.10 bits per heavy atom. The van der Waals surface area contributed by atoms with Crippen LogP contribution >= 0.6 is 0 Å². The summed E-state index contributed by atoms with van der Waals surface area (Å²) in [7, 11) is 0. The molecule has 0 bridgehead atoms. The summed E-state index contributed by atoms with van der Waals surface area (Å²) < 4.78 is 1.80. The van der Waals surface area contributed by atoms with E-state index >= 15 is 0 Å². The Morgan fingerprint density at radius 2 is 2.05 bits per heavy atom. The first-order valence-electron chi connectivity index (χ1n) is 6.57. The molecular formula is C16H11N4O. The Bertz CT molecular complexity index is 923. The van der Waals surface area contributed by atoms with Gasteiger partial charge in [0.15, 0.2) is 5.75 Å². The molecule has 0 spiro atoms. The van der Waals surface area contributed by atoms with Gasteiger partial charge in [-0.05, 0) is 30.3 Å². The van der Waals surface area contributed by atoms with Gasteiger partial charge in [-0.15, -0.1) is 0 Å². The number of nitrogens with one attached hydrogen (secondary N) is 1. The lowest BCUT2D eigenvalue weighted by Gasteiger charge is -2.02. The molecule has 1 radical (unpaired) electrons. The van der Waals surface area contributed by atoms with Gasteiger partial charge in [-0.3, -0.25) is 5.11 Å². The number of hydrogen-bond donors (Lipinski definition) is 1. The zero-order chi connectivity index (χ0) is 14.2. The highest BCUT2D eigenvalue weighted by molar-refractivity contribution is 5.84. The molecule has 3 heterocycles. The maximum Gasteiger partial charge on any atom is 0.179 e. The first kappa shape index (κ1) is 11.7. The van der Waals surface area contributed by atoms with Crippen molar-refractivity contribution in [3.05, 3.63) is 61.1 Å². The molecule has 0 saturated heterocycles. The quantitative estimate of drug-likeness (QED) is 0.607. The topological polar surface area (TPSA) is 66.4 Å². The third kappa shape index (κ3) is 1.95. The number of fused-ring (bicyclic) bond motifs is 1. The number of hydrogen-bond acceptors (Lipinski definition) is 2. The highest BCUT2D eigenvalue weighted by atomic mass is 16.3. The zero-order valence-electron chi connectivity index (χ0n) is 11.0. The minimum Gasteiger partial charge on any atom is -0.346 e. The molecular weight excluding hydrogens is 264 g/mol. The monoisotopic (exact) mass is 275 g/mol. The molecule has 5 heteroatoms. The third-order valence-electron chi connectivity index (χ3n) is 3.40. The van der Waals surface area contributed by atoms with Gasteiger partial charge < -0.3 is 4.98 Å². The second-order valence-corrected chi connectivity index (χ2v) is 4.74. The Kier molecular flexibility index (Phi) is 2.50. The van der Waals surface area contributed by atoms with Crippen molar-refractivity contribution in [3.63, 3.8) is 0 Å². The number of aromatic nitrogens is 4. The number of aromatic amines is 1. The van der Waals surface area contributed by atoms with E-state index in [9.17, 15) is 5.11 Å². The summed E-state index contributed by atoms with van der Waals surface area (Å²) in [6, 6.07) is 12.5. The molecule has 4 aromatic rings. The van der Waals surface area contributed by atoms with E-state index in [1.807, 2.05) is 36.7 Å². The van der Waals surface area contributed by atoms with Crippen molar-refractivity contribution in [2.75, 3.05) is 0 Å². The molecule has 1 N–H and O–H groups in total. The normalized spacial score (nSPS) is 11.0. The third-order valence-corrected chi connectivity index (χ3v) is 3.40. The Labute approximate surface area is 120 Å². The molecule has 0 aliphatic carbocycles. The first-order valence-corrected chi connectivity index (χ1v) is 6.57. The summed E-state index contributed by atoms with van der Waals surface area (Å²) in [5.74, 6) is -0.0148. The van der Waals surface area contributed by atoms with E-state index in [1.165, 1.54) is 6.07 Å². The van der Waals surface area contributed by atoms with Crippen LogP contribution in [-0.4, -0.2) is 19.7 Å². The second-order valence-electron chi connectivity index (χ2n) is 4.74. The summed E-state index contributed by atoms with van der Waals surface area (Å²) in [5, 5.41) is 17.0. The van der Waals surface area contributed by atoms with Crippen molar-refractivity contribution in [1.82, 2.24) is 19.7 Å². The van der Waals surface area contributed by atoms with Gasteiger partial charge in [0.2, 0.25) is 0 Å². The standard InChI is InChI=1S/C16H11N4O/c21-12-3-1-2-11(10-12)14-6-9-20(19-14)15-5-8-18-16-13(15)4-7-17-16/h1-10H,(H,17,18). The van der Waals surface area contributed by atoms with Crippen LogP contribution in [0.4, 0.5) is 0 Å². The average Bonchev–Trinajstić information content (AvgIpc) is 3.16. The van der Waals surface area contributed by atoms with Crippen molar-refractivity contribution < 1.29 is 5.11 Å². The molecule has 0 aliphatic heterocycles. The first-order chi connectivity index (χ1) is 10.3. The predicted octanol–water partition coefficient (Wildman–Crippen LogP) is 3.56. The highest BCUT2D eigenvalue weighted by Crippen LogP contribution is 2.24. The SMILES string of the molecule is [O]c1cccc(-c2ccn(-c3ccnc4[nH]ccc34)n2)c1. The maximum atomic E-state index is 11.4. The van der Waals surface area contributed by atoms with Crippen LogP contribution in [0.2, 0.25) is 0 Å². The fraction of sp³-hybridized carbons (Fsp3) is 0. The fourth-order valence-corrected chi connectivity index (χ4v) is 2.41. The van der Waals surface area contributed by atoms with Crippen molar-refractivity contribution >= 4 is 11.0 Å². The minimum absolute atomic E-state index is 0.0148. The van der Waals surface area contributed by atoms with E-state index in [1.54, 1.807) is 23.0 Å². The van der Waals surface area contributed by atoms with E-state index in [0.29, 0.717) is 0 Å². The number of rotatable bonds is 2. The molecule has 5 nitrogen and oxygen atoms in total. The van der Waals surface area contributed by atoms with Crippen molar-refractivity contribution in [1.29, 1.82) is 0 Å². The van der Waals surface area contributed by atoms with Crippen LogP contribution in [0.5, 0.6) is 5.75 Å². The predicted molar refractivity (Wildman–Crippen MR) is 78.8 cm³/mol. The van der Waals surface area contributed by atoms with E-state index in [2.05, 4.69) is 15.1 Å². The van der Waals surface area contributed by atoms with Crippen LogP contribution in [0, 0.1) is 0 Å². The minimum atomic E-state index is -0.0148. The number of nitrogens with zero attached hydrogens (tertiary/aromatic N) is 3.